The summed E-state index contributed by atoms with van der Waals surface area (Å²) in [5.41, 5.74) is 0.314. The van der Waals surface area contributed by atoms with Gasteiger partial charge in [-0.2, -0.15) is 5.06 Å². The van der Waals surface area contributed by atoms with E-state index in [0.717, 1.165) is 25.9 Å². The third-order valence-corrected chi connectivity index (χ3v) is 2.37. The van der Waals surface area contributed by atoms with E-state index in [-0.39, 0.29) is 6.10 Å². The summed E-state index contributed by atoms with van der Waals surface area (Å²) in [5.74, 6) is 0. The molecule has 0 atom stereocenters. The van der Waals surface area contributed by atoms with Gasteiger partial charge in [0.25, 0.3) is 0 Å². The molecular formula is C6H11NO2. The molecule has 9 heavy (non-hydrogen) atoms. The second kappa shape index (κ2) is 1.48. The van der Waals surface area contributed by atoms with Crippen molar-refractivity contribution in [3.05, 3.63) is 0 Å². The number of hydrogen-bond donors (Lipinski definition) is 2. The zero-order chi connectivity index (χ0) is 6.48. The van der Waals surface area contributed by atoms with Gasteiger partial charge in [0.05, 0.1) is 6.10 Å². The fourth-order valence-corrected chi connectivity index (χ4v) is 1.93. The summed E-state index contributed by atoms with van der Waals surface area (Å²) in [6.45, 7) is 1.54. The van der Waals surface area contributed by atoms with Crippen LogP contribution in [-0.2, 0) is 0 Å². The van der Waals surface area contributed by atoms with Crippen LogP contribution in [0, 0.1) is 5.41 Å². The van der Waals surface area contributed by atoms with Crippen LogP contribution in [0.2, 0.25) is 0 Å². The molecule has 0 aromatic heterocycles. The van der Waals surface area contributed by atoms with Crippen LogP contribution in [0.5, 0.6) is 0 Å². The van der Waals surface area contributed by atoms with E-state index in [2.05, 4.69) is 0 Å². The Morgan fingerprint density at radius 3 is 2.22 bits per heavy atom. The van der Waals surface area contributed by atoms with Crippen molar-refractivity contribution in [2.75, 3.05) is 13.1 Å². The summed E-state index contributed by atoms with van der Waals surface area (Å²) in [6, 6.07) is 0. The van der Waals surface area contributed by atoms with Gasteiger partial charge in [0.2, 0.25) is 0 Å². The predicted octanol–water partition coefficient (Wildman–Crippen LogP) is -0.168. The minimum atomic E-state index is -0.0845. The maximum atomic E-state index is 8.93. The first-order valence-corrected chi connectivity index (χ1v) is 3.32. The Balaban J connectivity index is 1.87. The Hall–Kier alpha value is -0.120. The smallest absolute Gasteiger partial charge is 0.0552 e. The van der Waals surface area contributed by atoms with Crippen molar-refractivity contribution in [3.8, 4) is 0 Å². The Kier molecular flexibility index (Phi) is 0.928. The molecule has 2 N–H and O–H groups in total. The summed E-state index contributed by atoms with van der Waals surface area (Å²) in [7, 11) is 0. The third-order valence-electron chi connectivity index (χ3n) is 2.37. The molecule has 0 aromatic carbocycles. The number of rotatable bonds is 0. The molecule has 3 heteroatoms. The second-order valence-electron chi connectivity index (χ2n) is 3.38. The molecule has 52 valence electrons. The lowest BCUT2D eigenvalue weighted by Gasteiger charge is -2.55. The first-order valence-electron chi connectivity index (χ1n) is 3.32. The van der Waals surface area contributed by atoms with E-state index in [1.54, 1.807) is 0 Å². The Labute approximate surface area is 53.9 Å². The molecule has 0 bridgehead atoms. The van der Waals surface area contributed by atoms with Gasteiger partial charge >= 0.3 is 0 Å². The van der Waals surface area contributed by atoms with Gasteiger partial charge < -0.3 is 10.3 Å². The highest BCUT2D eigenvalue weighted by atomic mass is 16.5. The van der Waals surface area contributed by atoms with Crippen LogP contribution in [0.3, 0.4) is 0 Å². The van der Waals surface area contributed by atoms with Gasteiger partial charge in [-0.05, 0) is 12.8 Å². The van der Waals surface area contributed by atoms with Crippen molar-refractivity contribution in [3.63, 3.8) is 0 Å². The number of hydrogen-bond acceptors (Lipinski definition) is 3. The van der Waals surface area contributed by atoms with Gasteiger partial charge in [0.15, 0.2) is 0 Å². The SMILES string of the molecule is OC1CC2(C1)CN(O)C2. The highest BCUT2D eigenvalue weighted by Gasteiger charge is 2.51. The average Bonchev–Trinajstić information content (AvgIpc) is 1.58. The number of aliphatic hydroxyl groups excluding tert-OH is 1. The van der Waals surface area contributed by atoms with Crippen LogP contribution < -0.4 is 0 Å². The van der Waals surface area contributed by atoms with E-state index in [1.165, 1.54) is 5.06 Å². The maximum Gasteiger partial charge on any atom is 0.0552 e. The topological polar surface area (TPSA) is 43.7 Å². The molecule has 1 aliphatic carbocycles. The zero-order valence-electron chi connectivity index (χ0n) is 5.25. The van der Waals surface area contributed by atoms with Crippen molar-refractivity contribution in [1.82, 2.24) is 5.06 Å². The van der Waals surface area contributed by atoms with Crippen LogP contribution in [0.1, 0.15) is 12.8 Å². The van der Waals surface area contributed by atoms with E-state index in [0.29, 0.717) is 5.41 Å². The standard InChI is InChI=1S/C6H11NO2/c8-5-1-6(2-5)3-7(9)4-6/h5,8-9H,1-4H2. The number of aliphatic hydroxyl groups is 1. The molecule has 1 saturated heterocycles. The minimum Gasteiger partial charge on any atom is -0.393 e. The van der Waals surface area contributed by atoms with E-state index >= 15 is 0 Å². The van der Waals surface area contributed by atoms with Gasteiger partial charge in [-0.1, -0.05) is 0 Å². The monoisotopic (exact) mass is 129 g/mol. The lowest BCUT2D eigenvalue weighted by Crippen LogP contribution is -2.62. The molecule has 2 rings (SSSR count). The van der Waals surface area contributed by atoms with Gasteiger partial charge in [0, 0.05) is 18.5 Å². The summed E-state index contributed by atoms with van der Waals surface area (Å²) in [6.07, 6.45) is 1.70. The predicted molar refractivity (Wildman–Crippen MR) is 31.0 cm³/mol. The van der Waals surface area contributed by atoms with Gasteiger partial charge in [-0.15, -0.1) is 0 Å². The third kappa shape index (κ3) is 0.689. The fourth-order valence-electron chi connectivity index (χ4n) is 1.93. The van der Waals surface area contributed by atoms with Crippen LogP contribution in [0.4, 0.5) is 0 Å². The zero-order valence-corrected chi connectivity index (χ0v) is 5.25. The molecule has 1 saturated carbocycles. The van der Waals surface area contributed by atoms with Crippen molar-refractivity contribution < 1.29 is 10.3 Å². The van der Waals surface area contributed by atoms with Crippen LogP contribution in [0.25, 0.3) is 0 Å². The molecule has 0 radical (unpaired) electrons. The van der Waals surface area contributed by atoms with E-state index in [4.69, 9.17) is 10.3 Å². The Bertz CT molecular complexity index is 106. The summed E-state index contributed by atoms with van der Waals surface area (Å²) < 4.78 is 0. The summed E-state index contributed by atoms with van der Waals surface area (Å²) in [5, 5.41) is 19.0. The largest absolute Gasteiger partial charge is 0.393 e. The lowest BCUT2D eigenvalue weighted by molar-refractivity contribution is -0.250. The van der Waals surface area contributed by atoms with E-state index in [9.17, 15) is 0 Å². The molecule has 0 aromatic rings. The molecule has 1 heterocycles. The van der Waals surface area contributed by atoms with Gasteiger partial charge in [-0.25, -0.2) is 0 Å². The Morgan fingerprint density at radius 1 is 1.33 bits per heavy atom. The van der Waals surface area contributed by atoms with Crippen LogP contribution in [0.15, 0.2) is 0 Å². The molecule has 1 spiro atoms. The van der Waals surface area contributed by atoms with E-state index < -0.39 is 0 Å². The van der Waals surface area contributed by atoms with Crippen molar-refractivity contribution >= 4 is 0 Å². The quantitative estimate of drug-likeness (QED) is 0.477. The maximum absolute atomic E-state index is 8.93. The molecule has 0 unspecified atom stereocenters. The molecular weight excluding hydrogens is 118 g/mol. The second-order valence-corrected chi connectivity index (χ2v) is 3.38. The normalized spacial score (nSPS) is 34.0. The van der Waals surface area contributed by atoms with E-state index in [1.807, 2.05) is 0 Å². The molecule has 0 amide bonds. The summed E-state index contributed by atoms with van der Waals surface area (Å²) >= 11 is 0. The van der Waals surface area contributed by atoms with Crippen molar-refractivity contribution in [2.45, 2.75) is 18.9 Å². The molecule has 3 nitrogen and oxygen atoms in total. The molecule has 2 fully saturated rings. The van der Waals surface area contributed by atoms with Crippen LogP contribution >= 0.6 is 0 Å². The highest BCUT2D eigenvalue weighted by Crippen LogP contribution is 2.47. The van der Waals surface area contributed by atoms with Gasteiger partial charge in [0.1, 0.15) is 0 Å². The van der Waals surface area contributed by atoms with Crippen LogP contribution in [-0.4, -0.2) is 34.6 Å². The molecule has 1 aliphatic heterocycles. The number of nitrogens with zero attached hydrogens (tertiary/aromatic N) is 1. The lowest BCUT2D eigenvalue weighted by atomic mass is 9.63. The van der Waals surface area contributed by atoms with Crippen molar-refractivity contribution in [1.29, 1.82) is 0 Å². The first kappa shape index (κ1) is 5.65. The molecule has 2 aliphatic rings. The van der Waals surface area contributed by atoms with Gasteiger partial charge in [-0.3, -0.25) is 0 Å². The minimum absolute atomic E-state index is 0.0845. The number of hydroxylamine groups is 2. The average molecular weight is 129 g/mol. The highest BCUT2D eigenvalue weighted by molar-refractivity contribution is 5.01. The van der Waals surface area contributed by atoms with Crippen molar-refractivity contribution in [2.24, 2.45) is 5.41 Å². The summed E-state index contributed by atoms with van der Waals surface area (Å²) in [4.78, 5) is 0. The first-order chi connectivity index (χ1) is 4.20. The Morgan fingerprint density at radius 2 is 1.89 bits per heavy atom. The fraction of sp³-hybridized carbons (Fsp3) is 1.00.